The number of carbonyl (C=O) groups is 1. The second-order valence-corrected chi connectivity index (χ2v) is 11.0. The maximum absolute atomic E-state index is 15.4. The summed E-state index contributed by atoms with van der Waals surface area (Å²) in [6.45, 7) is 5.50. The lowest BCUT2D eigenvalue weighted by Gasteiger charge is -2.37. The van der Waals surface area contributed by atoms with Gasteiger partial charge in [0.1, 0.15) is 16.2 Å². The number of nitrogens with zero attached hydrogens (tertiary/aromatic N) is 3. The van der Waals surface area contributed by atoms with E-state index >= 15 is 4.39 Å². The number of likely N-dealkylation sites (tertiary alicyclic amines) is 1. The predicted octanol–water partition coefficient (Wildman–Crippen LogP) is 4.11. The zero-order chi connectivity index (χ0) is 23.6. The summed E-state index contributed by atoms with van der Waals surface area (Å²) in [5.74, 6) is -0.0788. The largest absolute Gasteiger partial charge is 0.444 e. The number of halogens is 2. The van der Waals surface area contributed by atoms with Crippen LogP contribution in [0.1, 0.15) is 33.6 Å². The van der Waals surface area contributed by atoms with Crippen LogP contribution < -0.4 is 5.32 Å². The Hall–Kier alpha value is -2.46. The van der Waals surface area contributed by atoms with Gasteiger partial charge in [0.2, 0.25) is 9.84 Å². The minimum atomic E-state index is -3.94. The number of sulfone groups is 1. The average molecular weight is 485 g/mol. The van der Waals surface area contributed by atoms with E-state index in [0.29, 0.717) is 0 Å². The van der Waals surface area contributed by atoms with Crippen molar-refractivity contribution in [2.45, 2.75) is 54.7 Å². The molecule has 0 radical (unpaired) electrons. The second-order valence-electron chi connectivity index (χ2n) is 8.67. The van der Waals surface area contributed by atoms with Gasteiger partial charge >= 0.3 is 6.09 Å². The lowest BCUT2D eigenvalue weighted by molar-refractivity contribution is 0.00573. The number of aromatic nitrogens is 2. The molecule has 1 aromatic carbocycles. The Labute approximate surface area is 192 Å². The molecular formula is C21H26ClFN4O4S. The molecule has 1 aliphatic heterocycles. The Morgan fingerprint density at radius 3 is 2.44 bits per heavy atom. The van der Waals surface area contributed by atoms with E-state index in [9.17, 15) is 13.2 Å². The van der Waals surface area contributed by atoms with Crippen LogP contribution in [-0.4, -0.2) is 60.5 Å². The van der Waals surface area contributed by atoms with Crippen LogP contribution in [0.5, 0.6) is 0 Å². The molecule has 0 bridgehead atoms. The first-order valence-electron chi connectivity index (χ1n) is 10.1. The van der Waals surface area contributed by atoms with E-state index in [1.807, 2.05) is 0 Å². The number of ether oxygens (including phenoxy) is 1. The molecule has 1 fully saturated rings. The first kappa shape index (κ1) is 24.2. The summed E-state index contributed by atoms with van der Waals surface area (Å²) < 4.78 is 46.8. The van der Waals surface area contributed by atoms with E-state index in [1.54, 1.807) is 39.0 Å². The Morgan fingerprint density at radius 2 is 1.84 bits per heavy atom. The molecule has 0 saturated carbocycles. The molecule has 0 aliphatic carbocycles. The van der Waals surface area contributed by atoms with Gasteiger partial charge in [-0.15, -0.1) is 10.2 Å². The zero-order valence-corrected chi connectivity index (χ0v) is 19.7. The van der Waals surface area contributed by atoms with Gasteiger partial charge in [0, 0.05) is 32.0 Å². The Morgan fingerprint density at radius 1 is 1.22 bits per heavy atom. The quantitative estimate of drug-likeness (QED) is 0.681. The van der Waals surface area contributed by atoms with E-state index in [0.717, 1.165) is 0 Å². The highest BCUT2D eigenvalue weighted by Crippen LogP contribution is 2.31. The van der Waals surface area contributed by atoms with Crippen molar-refractivity contribution in [3.63, 3.8) is 0 Å². The summed E-state index contributed by atoms with van der Waals surface area (Å²) in [7, 11) is -3.94. The molecule has 3 rings (SSSR count). The van der Waals surface area contributed by atoms with E-state index in [-0.39, 0.29) is 53.2 Å². The van der Waals surface area contributed by atoms with Crippen molar-refractivity contribution in [2.24, 2.45) is 0 Å². The van der Waals surface area contributed by atoms with Gasteiger partial charge in [-0.25, -0.2) is 17.6 Å². The number of carbonyl (C=O) groups excluding carboxylic acids is 1. The number of piperidine rings is 1. The van der Waals surface area contributed by atoms with E-state index < -0.39 is 27.2 Å². The molecule has 1 saturated heterocycles. The van der Waals surface area contributed by atoms with Gasteiger partial charge in [-0.05, 0) is 32.9 Å². The average Bonchev–Trinajstić information content (AvgIpc) is 2.72. The molecule has 2 aromatic rings. The summed E-state index contributed by atoms with van der Waals surface area (Å²) in [5, 5.41) is 10.2. The molecule has 0 unspecified atom stereocenters. The van der Waals surface area contributed by atoms with Crippen LogP contribution in [0, 0.1) is 0 Å². The van der Waals surface area contributed by atoms with Crippen molar-refractivity contribution in [3.8, 4) is 0 Å². The van der Waals surface area contributed by atoms with Crippen LogP contribution in [0.4, 0.5) is 15.0 Å². The molecule has 0 spiro atoms. The zero-order valence-electron chi connectivity index (χ0n) is 18.1. The number of nitrogens with one attached hydrogen (secondary N) is 1. The number of hydrogen-bond acceptors (Lipinski definition) is 7. The number of anilines is 1. The van der Waals surface area contributed by atoms with E-state index in [1.165, 1.54) is 23.1 Å². The van der Waals surface area contributed by atoms with Crippen LogP contribution in [-0.2, 0) is 14.6 Å². The van der Waals surface area contributed by atoms with Crippen LogP contribution in [0.3, 0.4) is 0 Å². The van der Waals surface area contributed by atoms with Crippen molar-refractivity contribution in [1.29, 1.82) is 0 Å². The topological polar surface area (TPSA) is 101 Å². The first-order valence-corrected chi connectivity index (χ1v) is 12.0. The second kappa shape index (κ2) is 9.19. The lowest BCUT2D eigenvalue weighted by atomic mass is 9.93. The highest BCUT2D eigenvalue weighted by molar-refractivity contribution is 7.91. The molecule has 1 amide bonds. The maximum Gasteiger partial charge on any atom is 0.410 e. The molecule has 32 heavy (non-hydrogen) atoms. The minimum Gasteiger partial charge on any atom is -0.444 e. The van der Waals surface area contributed by atoms with E-state index in [4.69, 9.17) is 16.3 Å². The SMILES string of the molecule is CC(C)(C)OC(=O)N1CCC(F)(CNc2nnc(Cl)cc2S(=O)(=O)c2ccccc2)CC1. The fraction of sp³-hybridized carbons (Fsp3) is 0.476. The van der Waals surface area contributed by atoms with Crippen LogP contribution >= 0.6 is 11.6 Å². The molecule has 8 nitrogen and oxygen atoms in total. The predicted molar refractivity (Wildman–Crippen MR) is 118 cm³/mol. The molecular weight excluding hydrogens is 459 g/mol. The molecule has 1 aromatic heterocycles. The van der Waals surface area contributed by atoms with Gasteiger partial charge in [-0.3, -0.25) is 0 Å². The van der Waals surface area contributed by atoms with Crippen LogP contribution in [0.2, 0.25) is 5.15 Å². The van der Waals surface area contributed by atoms with Crippen molar-refractivity contribution in [2.75, 3.05) is 25.0 Å². The van der Waals surface area contributed by atoms with Gasteiger partial charge < -0.3 is 15.0 Å². The standard InChI is InChI=1S/C21H26ClFN4O4S/c1-20(2,3)31-19(28)27-11-9-21(23,10-12-27)14-24-18-16(13-17(22)25-26-18)32(29,30)15-7-5-4-6-8-15/h4-8,13H,9-12,14H2,1-3H3,(H,24,26). The summed E-state index contributed by atoms with van der Waals surface area (Å²) in [5.41, 5.74) is -2.29. The lowest BCUT2D eigenvalue weighted by Crippen LogP contribution is -2.48. The Bertz CT molecular complexity index is 1070. The van der Waals surface area contributed by atoms with Gasteiger partial charge in [0.25, 0.3) is 0 Å². The van der Waals surface area contributed by atoms with Gasteiger partial charge in [-0.1, -0.05) is 29.8 Å². The Kier molecular flexibility index (Phi) is 6.94. The third-order valence-electron chi connectivity index (χ3n) is 4.96. The molecule has 0 atom stereocenters. The molecule has 2 heterocycles. The number of hydrogen-bond donors (Lipinski definition) is 1. The third kappa shape index (κ3) is 5.86. The molecule has 11 heteroatoms. The first-order chi connectivity index (χ1) is 14.9. The highest BCUT2D eigenvalue weighted by atomic mass is 35.5. The van der Waals surface area contributed by atoms with Crippen molar-refractivity contribution < 1.29 is 22.3 Å². The van der Waals surface area contributed by atoms with Crippen molar-refractivity contribution in [3.05, 3.63) is 41.6 Å². The fourth-order valence-corrected chi connectivity index (χ4v) is 4.86. The highest BCUT2D eigenvalue weighted by Gasteiger charge is 2.37. The molecule has 1 aliphatic rings. The summed E-state index contributed by atoms with van der Waals surface area (Å²) in [6.07, 6.45) is -0.338. The van der Waals surface area contributed by atoms with Crippen molar-refractivity contribution in [1.82, 2.24) is 15.1 Å². The van der Waals surface area contributed by atoms with Crippen LogP contribution in [0.25, 0.3) is 0 Å². The van der Waals surface area contributed by atoms with Gasteiger partial charge in [0.15, 0.2) is 11.0 Å². The summed E-state index contributed by atoms with van der Waals surface area (Å²) >= 11 is 5.89. The summed E-state index contributed by atoms with van der Waals surface area (Å²) in [4.78, 5) is 13.5. The smallest absolute Gasteiger partial charge is 0.410 e. The fourth-order valence-electron chi connectivity index (χ4n) is 3.24. The third-order valence-corrected chi connectivity index (χ3v) is 6.92. The maximum atomic E-state index is 15.4. The number of benzene rings is 1. The van der Waals surface area contributed by atoms with Crippen molar-refractivity contribution >= 4 is 33.3 Å². The van der Waals surface area contributed by atoms with E-state index in [2.05, 4.69) is 15.5 Å². The Balaban J connectivity index is 1.71. The molecule has 1 N–H and O–H groups in total. The van der Waals surface area contributed by atoms with Gasteiger partial charge in [-0.2, -0.15) is 0 Å². The van der Waals surface area contributed by atoms with Crippen LogP contribution in [0.15, 0.2) is 46.2 Å². The summed E-state index contributed by atoms with van der Waals surface area (Å²) in [6, 6.07) is 9.01. The normalized spacial score (nSPS) is 16.5. The minimum absolute atomic E-state index is 0.0627. The van der Waals surface area contributed by atoms with Gasteiger partial charge in [0.05, 0.1) is 11.4 Å². The number of rotatable bonds is 5. The molecule has 174 valence electrons. The number of alkyl halides is 1. The monoisotopic (exact) mass is 484 g/mol. The number of amides is 1.